The van der Waals surface area contributed by atoms with Gasteiger partial charge in [-0.15, -0.1) is 0 Å². The molecule has 104 valence electrons. The van der Waals surface area contributed by atoms with Crippen molar-refractivity contribution in [1.29, 1.82) is 0 Å². The highest BCUT2D eigenvalue weighted by Crippen LogP contribution is 2.26. The highest BCUT2D eigenvalue weighted by molar-refractivity contribution is 5.98. The van der Waals surface area contributed by atoms with E-state index in [4.69, 9.17) is 4.74 Å². The number of hydrogen-bond acceptors (Lipinski definition) is 3. The van der Waals surface area contributed by atoms with E-state index in [-0.39, 0.29) is 11.7 Å². The zero-order valence-corrected chi connectivity index (χ0v) is 11.3. The molecule has 1 aromatic rings. The molecule has 19 heavy (non-hydrogen) atoms. The molecule has 1 amide bonds. The Kier molecular flexibility index (Phi) is 4.04. The number of carbonyl (C=O) groups is 1. The normalized spacial score (nSPS) is 22.3. The van der Waals surface area contributed by atoms with Crippen LogP contribution in [0.25, 0.3) is 0 Å². The van der Waals surface area contributed by atoms with Gasteiger partial charge in [0.15, 0.2) is 11.6 Å². The van der Waals surface area contributed by atoms with Crippen molar-refractivity contribution in [3.05, 3.63) is 24.0 Å². The summed E-state index contributed by atoms with van der Waals surface area (Å²) in [6.45, 7) is 2.82. The molecule has 5 heteroatoms. The molecule has 1 atom stereocenters. The van der Waals surface area contributed by atoms with Crippen molar-refractivity contribution >= 4 is 11.6 Å². The van der Waals surface area contributed by atoms with Crippen molar-refractivity contribution in [2.24, 2.45) is 0 Å². The first-order chi connectivity index (χ1) is 9.11. The van der Waals surface area contributed by atoms with Gasteiger partial charge in [-0.3, -0.25) is 4.79 Å². The van der Waals surface area contributed by atoms with Crippen LogP contribution in [0.1, 0.15) is 26.2 Å². The Balaban J connectivity index is 2.12. The third kappa shape index (κ3) is 2.71. The van der Waals surface area contributed by atoms with Crippen LogP contribution in [0.5, 0.6) is 5.75 Å². The summed E-state index contributed by atoms with van der Waals surface area (Å²) in [6, 6.07) is 4.42. The summed E-state index contributed by atoms with van der Waals surface area (Å²) in [5, 5.41) is 6.02. The molecule has 4 nitrogen and oxygen atoms in total. The summed E-state index contributed by atoms with van der Waals surface area (Å²) in [4.78, 5) is 12.3. The number of methoxy groups -OCH3 is 1. The zero-order chi connectivity index (χ0) is 13.9. The fourth-order valence-electron chi connectivity index (χ4n) is 2.46. The van der Waals surface area contributed by atoms with E-state index >= 15 is 0 Å². The van der Waals surface area contributed by atoms with Gasteiger partial charge in [0.05, 0.1) is 12.6 Å². The summed E-state index contributed by atoms with van der Waals surface area (Å²) in [6.07, 6.45) is 2.52. The lowest BCUT2D eigenvalue weighted by Crippen LogP contribution is -2.50. The second kappa shape index (κ2) is 5.57. The van der Waals surface area contributed by atoms with E-state index in [1.165, 1.54) is 19.2 Å². The highest BCUT2D eigenvalue weighted by Gasteiger charge is 2.39. The summed E-state index contributed by atoms with van der Waals surface area (Å²) >= 11 is 0. The van der Waals surface area contributed by atoms with Crippen LogP contribution in [-0.2, 0) is 4.79 Å². The number of rotatable bonds is 4. The standard InChI is InChI=1S/C14H19FN2O2/c1-3-14(7-4-8-16-14)13(18)17-10-5-6-12(19-2)11(15)9-10/h5-6,9,16H,3-4,7-8H2,1-2H3,(H,17,18). The molecule has 0 radical (unpaired) electrons. The monoisotopic (exact) mass is 266 g/mol. The zero-order valence-electron chi connectivity index (χ0n) is 11.3. The van der Waals surface area contributed by atoms with E-state index in [0.717, 1.165) is 25.8 Å². The van der Waals surface area contributed by atoms with E-state index in [1.54, 1.807) is 6.07 Å². The van der Waals surface area contributed by atoms with E-state index in [1.807, 2.05) is 6.92 Å². The van der Waals surface area contributed by atoms with Gasteiger partial charge in [0.2, 0.25) is 5.91 Å². The number of halogens is 1. The maximum absolute atomic E-state index is 13.6. The average Bonchev–Trinajstić information content (AvgIpc) is 2.89. The predicted molar refractivity (Wildman–Crippen MR) is 71.8 cm³/mol. The van der Waals surface area contributed by atoms with Gasteiger partial charge in [-0.2, -0.15) is 0 Å². The quantitative estimate of drug-likeness (QED) is 0.879. The van der Waals surface area contributed by atoms with Gasteiger partial charge in [0.25, 0.3) is 0 Å². The fraction of sp³-hybridized carbons (Fsp3) is 0.500. The van der Waals surface area contributed by atoms with Crippen molar-refractivity contribution in [3.8, 4) is 5.75 Å². The second-order valence-electron chi connectivity index (χ2n) is 4.77. The third-order valence-electron chi connectivity index (χ3n) is 3.69. The fourth-order valence-corrected chi connectivity index (χ4v) is 2.46. The van der Waals surface area contributed by atoms with Gasteiger partial charge >= 0.3 is 0 Å². The molecule has 2 N–H and O–H groups in total. The molecular weight excluding hydrogens is 247 g/mol. The van der Waals surface area contributed by atoms with Gasteiger partial charge in [0, 0.05) is 11.8 Å². The Morgan fingerprint density at radius 1 is 1.58 bits per heavy atom. The Morgan fingerprint density at radius 2 is 2.37 bits per heavy atom. The summed E-state index contributed by atoms with van der Waals surface area (Å²) in [7, 11) is 1.41. The smallest absolute Gasteiger partial charge is 0.244 e. The van der Waals surface area contributed by atoms with Crippen molar-refractivity contribution in [2.75, 3.05) is 19.0 Å². The Hall–Kier alpha value is -1.62. The molecule has 1 aliphatic heterocycles. The summed E-state index contributed by atoms with van der Waals surface area (Å²) < 4.78 is 18.4. The molecule has 2 rings (SSSR count). The lowest BCUT2D eigenvalue weighted by Gasteiger charge is -2.26. The van der Waals surface area contributed by atoms with Gasteiger partial charge in [-0.25, -0.2) is 4.39 Å². The molecule has 1 aromatic carbocycles. The molecule has 1 heterocycles. The Morgan fingerprint density at radius 3 is 2.89 bits per heavy atom. The van der Waals surface area contributed by atoms with Gasteiger partial charge in [-0.05, 0) is 37.9 Å². The van der Waals surface area contributed by atoms with Crippen LogP contribution in [0.15, 0.2) is 18.2 Å². The van der Waals surface area contributed by atoms with Crippen LogP contribution in [0.4, 0.5) is 10.1 Å². The van der Waals surface area contributed by atoms with Crippen molar-refractivity contribution in [1.82, 2.24) is 5.32 Å². The van der Waals surface area contributed by atoms with E-state index in [9.17, 15) is 9.18 Å². The number of ether oxygens (including phenoxy) is 1. The lowest BCUT2D eigenvalue weighted by molar-refractivity contribution is -0.122. The first-order valence-corrected chi connectivity index (χ1v) is 6.51. The van der Waals surface area contributed by atoms with Crippen molar-refractivity contribution < 1.29 is 13.9 Å². The van der Waals surface area contributed by atoms with Crippen molar-refractivity contribution in [3.63, 3.8) is 0 Å². The Labute approximate surface area is 112 Å². The minimum atomic E-state index is -0.517. The molecule has 0 aromatic heterocycles. The number of anilines is 1. The minimum Gasteiger partial charge on any atom is -0.494 e. The van der Waals surface area contributed by atoms with Gasteiger partial charge in [-0.1, -0.05) is 6.92 Å². The van der Waals surface area contributed by atoms with Crippen LogP contribution in [0.3, 0.4) is 0 Å². The van der Waals surface area contributed by atoms with Crippen LogP contribution in [0.2, 0.25) is 0 Å². The number of amides is 1. The lowest BCUT2D eigenvalue weighted by atomic mass is 9.93. The molecule has 1 aliphatic rings. The minimum absolute atomic E-state index is 0.0999. The molecular formula is C14H19FN2O2. The summed E-state index contributed by atoms with van der Waals surface area (Å²) in [5.74, 6) is -0.413. The molecule has 0 spiro atoms. The van der Waals surface area contributed by atoms with Gasteiger partial charge < -0.3 is 15.4 Å². The largest absolute Gasteiger partial charge is 0.494 e. The van der Waals surface area contributed by atoms with E-state index < -0.39 is 11.4 Å². The SMILES string of the molecule is CCC1(C(=O)Nc2ccc(OC)c(F)c2)CCCN1. The number of hydrogen-bond donors (Lipinski definition) is 2. The molecule has 1 saturated heterocycles. The molecule has 1 unspecified atom stereocenters. The number of benzene rings is 1. The first kappa shape index (κ1) is 13.8. The maximum Gasteiger partial charge on any atom is 0.244 e. The second-order valence-corrected chi connectivity index (χ2v) is 4.77. The maximum atomic E-state index is 13.6. The van der Waals surface area contributed by atoms with E-state index in [0.29, 0.717) is 5.69 Å². The van der Waals surface area contributed by atoms with Crippen LogP contribution in [0, 0.1) is 5.82 Å². The van der Waals surface area contributed by atoms with Gasteiger partial charge in [0.1, 0.15) is 0 Å². The van der Waals surface area contributed by atoms with Crippen LogP contribution in [-0.4, -0.2) is 25.1 Å². The number of nitrogens with one attached hydrogen (secondary N) is 2. The first-order valence-electron chi connectivity index (χ1n) is 6.51. The molecule has 0 bridgehead atoms. The number of carbonyl (C=O) groups excluding carboxylic acids is 1. The van der Waals surface area contributed by atoms with Crippen molar-refractivity contribution in [2.45, 2.75) is 31.7 Å². The molecule has 0 saturated carbocycles. The predicted octanol–water partition coefficient (Wildman–Crippen LogP) is 2.30. The van der Waals surface area contributed by atoms with Crippen LogP contribution >= 0.6 is 0 Å². The third-order valence-corrected chi connectivity index (χ3v) is 3.69. The summed E-state index contributed by atoms with van der Waals surface area (Å²) in [5.41, 5.74) is -0.0685. The molecule has 0 aliphatic carbocycles. The van der Waals surface area contributed by atoms with Crippen LogP contribution < -0.4 is 15.4 Å². The topological polar surface area (TPSA) is 50.4 Å². The Bertz CT molecular complexity index is 471. The highest BCUT2D eigenvalue weighted by atomic mass is 19.1. The molecule has 1 fully saturated rings. The average molecular weight is 266 g/mol. The van der Waals surface area contributed by atoms with E-state index in [2.05, 4.69) is 10.6 Å².